The van der Waals surface area contributed by atoms with E-state index in [1.807, 2.05) is 0 Å². The van der Waals surface area contributed by atoms with Gasteiger partial charge in [-0.05, 0) is 63.1 Å². The Morgan fingerprint density at radius 2 is 2.05 bits per heavy atom. The summed E-state index contributed by atoms with van der Waals surface area (Å²) >= 11 is 0. The number of nitrogens with two attached hydrogens (primary N) is 1. The molecular weight excluding hydrogens is 248 g/mol. The van der Waals surface area contributed by atoms with Crippen molar-refractivity contribution in [2.24, 2.45) is 17.1 Å². The number of ether oxygens (including phenoxy) is 1. The highest BCUT2D eigenvalue weighted by molar-refractivity contribution is 4.76. The van der Waals surface area contributed by atoms with Crippen molar-refractivity contribution >= 4 is 0 Å². The standard InChI is InChI=1S/C17H36N2O/c1-5-19(14-16-9-7-13-20-16)12-6-8-15(10-11-18)17(2,3)4/h15-16H,5-14,18H2,1-4H3. The third-order valence-electron chi connectivity index (χ3n) is 4.70. The van der Waals surface area contributed by atoms with Crippen LogP contribution in [0.1, 0.15) is 59.8 Å². The van der Waals surface area contributed by atoms with Crippen LogP contribution in [0.4, 0.5) is 0 Å². The molecule has 1 saturated heterocycles. The normalized spacial score (nSPS) is 21.6. The van der Waals surface area contributed by atoms with E-state index in [1.54, 1.807) is 0 Å². The minimum atomic E-state index is 0.380. The predicted octanol–water partition coefficient (Wildman–Crippen LogP) is 3.28. The number of hydrogen-bond acceptors (Lipinski definition) is 3. The molecule has 1 fully saturated rings. The summed E-state index contributed by atoms with van der Waals surface area (Å²) in [5.41, 5.74) is 6.15. The van der Waals surface area contributed by atoms with Gasteiger partial charge in [0.2, 0.25) is 0 Å². The van der Waals surface area contributed by atoms with Gasteiger partial charge in [0.05, 0.1) is 6.10 Å². The lowest BCUT2D eigenvalue weighted by molar-refractivity contribution is 0.0728. The molecule has 0 aromatic rings. The van der Waals surface area contributed by atoms with Crippen LogP contribution in [0.2, 0.25) is 0 Å². The summed E-state index contributed by atoms with van der Waals surface area (Å²) in [6, 6.07) is 0. The topological polar surface area (TPSA) is 38.5 Å². The van der Waals surface area contributed by atoms with Gasteiger partial charge >= 0.3 is 0 Å². The van der Waals surface area contributed by atoms with E-state index in [2.05, 4.69) is 32.6 Å². The molecule has 120 valence electrons. The zero-order valence-electron chi connectivity index (χ0n) is 14.2. The van der Waals surface area contributed by atoms with Gasteiger partial charge in [-0.3, -0.25) is 0 Å². The maximum atomic E-state index is 5.77. The zero-order chi connectivity index (χ0) is 15.0. The Morgan fingerprint density at radius 3 is 2.55 bits per heavy atom. The summed E-state index contributed by atoms with van der Waals surface area (Å²) in [5, 5.41) is 0. The summed E-state index contributed by atoms with van der Waals surface area (Å²) < 4.78 is 5.75. The van der Waals surface area contributed by atoms with E-state index in [0.29, 0.717) is 11.5 Å². The van der Waals surface area contributed by atoms with Crippen LogP contribution in [0, 0.1) is 11.3 Å². The van der Waals surface area contributed by atoms with Gasteiger partial charge in [-0.25, -0.2) is 0 Å². The van der Waals surface area contributed by atoms with Crippen molar-refractivity contribution < 1.29 is 4.74 Å². The first-order valence-electron chi connectivity index (χ1n) is 8.51. The van der Waals surface area contributed by atoms with Crippen molar-refractivity contribution in [3.8, 4) is 0 Å². The lowest BCUT2D eigenvalue weighted by Gasteiger charge is -2.31. The van der Waals surface area contributed by atoms with E-state index in [1.165, 1.54) is 32.2 Å². The van der Waals surface area contributed by atoms with Gasteiger partial charge in [0.15, 0.2) is 0 Å². The van der Waals surface area contributed by atoms with Gasteiger partial charge in [-0.15, -0.1) is 0 Å². The average molecular weight is 284 g/mol. The predicted molar refractivity (Wildman–Crippen MR) is 86.9 cm³/mol. The maximum absolute atomic E-state index is 5.77. The van der Waals surface area contributed by atoms with Crippen molar-refractivity contribution in [3.05, 3.63) is 0 Å². The van der Waals surface area contributed by atoms with Gasteiger partial charge in [-0.1, -0.05) is 27.7 Å². The fourth-order valence-corrected chi connectivity index (χ4v) is 3.23. The molecule has 0 aliphatic carbocycles. The van der Waals surface area contributed by atoms with Crippen molar-refractivity contribution in [2.45, 2.75) is 65.9 Å². The Hall–Kier alpha value is -0.120. The number of rotatable bonds is 9. The van der Waals surface area contributed by atoms with Gasteiger partial charge in [0.1, 0.15) is 0 Å². The number of nitrogens with zero attached hydrogens (tertiary/aromatic N) is 1. The Bertz CT molecular complexity index is 244. The minimum absolute atomic E-state index is 0.380. The Morgan fingerprint density at radius 1 is 1.30 bits per heavy atom. The molecule has 0 radical (unpaired) electrons. The van der Waals surface area contributed by atoms with Crippen molar-refractivity contribution in [2.75, 3.05) is 32.8 Å². The van der Waals surface area contributed by atoms with Gasteiger partial charge in [-0.2, -0.15) is 0 Å². The van der Waals surface area contributed by atoms with Crippen LogP contribution >= 0.6 is 0 Å². The van der Waals surface area contributed by atoms with E-state index in [-0.39, 0.29) is 0 Å². The van der Waals surface area contributed by atoms with Gasteiger partial charge < -0.3 is 15.4 Å². The van der Waals surface area contributed by atoms with E-state index in [9.17, 15) is 0 Å². The summed E-state index contributed by atoms with van der Waals surface area (Å²) in [6.45, 7) is 14.5. The third kappa shape index (κ3) is 6.55. The molecule has 0 aromatic heterocycles. The first-order valence-corrected chi connectivity index (χ1v) is 8.51. The van der Waals surface area contributed by atoms with Gasteiger partial charge in [0.25, 0.3) is 0 Å². The highest BCUT2D eigenvalue weighted by atomic mass is 16.5. The lowest BCUT2D eigenvalue weighted by atomic mass is 9.76. The molecule has 1 rings (SSSR count). The largest absolute Gasteiger partial charge is 0.377 e. The van der Waals surface area contributed by atoms with Crippen LogP contribution in [0.5, 0.6) is 0 Å². The molecule has 0 bridgehead atoms. The Labute approximate surface area is 126 Å². The van der Waals surface area contributed by atoms with Crippen LogP contribution in [0.3, 0.4) is 0 Å². The SMILES string of the molecule is CCN(CCCC(CCN)C(C)(C)C)CC1CCCO1. The third-order valence-corrected chi connectivity index (χ3v) is 4.70. The molecule has 0 saturated carbocycles. The highest BCUT2D eigenvalue weighted by Crippen LogP contribution is 2.32. The van der Waals surface area contributed by atoms with Crippen molar-refractivity contribution in [1.82, 2.24) is 4.90 Å². The summed E-state index contributed by atoms with van der Waals surface area (Å²) in [4.78, 5) is 2.55. The zero-order valence-corrected chi connectivity index (χ0v) is 14.2. The van der Waals surface area contributed by atoms with E-state index < -0.39 is 0 Å². The molecular formula is C17H36N2O. The second-order valence-corrected chi connectivity index (χ2v) is 7.31. The molecule has 0 spiro atoms. The van der Waals surface area contributed by atoms with Crippen LogP contribution in [0.15, 0.2) is 0 Å². The monoisotopic (exact) mass is 284 g/mol. The summed E-state index contributed by atoms with van der Waals surface area (Å²) in [6.07, 6.45) is 6.70. The highest BCUT2D eigenvalue weighted by Gasteiger charge is 2.24. The number of hydrogen-bond donors (Lipinski definition) is 1. The summed E-state index contributed by atoms with van der Waals surface area (Å²) in [7, 11) is 0. The quantitative estimate of drug-likeness (QED) is 0.706. The smallest absolute Gasteiger partial charge is 0.0702 e. The molecule has 1 aliphatic heterocycles. The molecule has 1 heterocycles. The molecule has 2 atom stereocenters. The fraction of sp³-hybridized carbons (Fsp3) is 1.00. The fourth-order valence-electron chi connectivity index (χ4n) is 3.23. The second kappa shape index (κ2) is 9.01. The Balaban J connectivity index is 2.28. The van der Waals surface area contributed by atoms with Crippen LogP contribution in [-0.4, -0.2) is 43.8 Å². The second-order valence-electron chi connectivity index (χ2n) is 7.31. The van der Waals surface area contributed by atoms with Crippen molar-refractivity contribution in [1.29, 1.82) is 0 Å². The molecule has 1 aliphatic rings. The first kappa shape index (κ1) is 17.9. The van der Waals surface area contributed by atoms with E-state index in [4.69, 9.17) is 10.5 Å². The summed E-state index contributed by atoms with van der Waals surface area (Å²) in [5.74, 6) is 0.744. The molecule has 20 heavy (non-hydrogen) atoms. The van der Waals surface area contributed by atoms with Crippen LogP contribution in [-0.2, 0) is 4.74 Å². The maximum Gasteiger partial charge on any atom is 0.0702 e. The van der Waals surface area contributed by atoms with Crippen LogP contribution in [0.25, 0.3) is 0 Å². The van der Waals surface area contributed by atoms with Crippen LogP contribution < -0.4 is 5.73 Å². The molecule has 0 aromatic carbocycles. The molecule has 0 amide bonds. The first-order chi connectivity index (χ1) is 9.47. The van der Waals surface area contributed by atoms with E-state index in [0.717, 1.165) is 38.6 Å². The van der Waals surface area contributed by atoms with E-state index >= 15 is 0 Å². The average Bonchev–Trinajstić information content (AvgIpc) is 2.88. The number of likely N-dealkylation sites (N-methyl/N-ethyl adjacent to an activating group) is 1. The van der Waals surface area contributed by atoms with Crippen molar-refractivity contribution in [3.63, 3.8) is 0 Å². The van der Waals surface area contributed by atoms with Gasteiger partial charge in [0, 0.05) is 13.2 Å². The molecule has 2 N–H and O–H groups in total. The minimum Gasteiger partial charge on any atom is -0.377 e. The lowest BCUT2D eigenvalue weighted by Crippen LogP contribution is -2.33. The molecule has 3 nitrogen and oxygen atoms in total. The Kier molecular flexibility index (Phi) is 8.08. The molecule has 2 unspecified atom stereocenters. The molecule has 3 heteroatoms.